The van der Waals surface area contributed by atoms with Gasteiger partial charge in [-0.05, 0) is 29.6 Å². The zero-order chi connectivity index (χ0) is 17.5. The van der Waals surface area contributed by atoms with Crippen LogP contribution in [0.1, 0.15) is 34.6 Å². The Bertz CT molecular complexity index is 728. The van der Waals surface area contributed by atoms with E-state index in [-0.39, 0.29) is 18.2 Å². The van der Waals surface area contributed by atoms with Crippen LogP contribution in [-0.2, 0) is 14.3 Å². The Morgan fingerprint density at radius 2 is 2.00 bits per heavy atom. The number of rotatable bonds is 6. The molecule has 0 spiro atoms. The third kappa shape index (κ3) is 4.92. The molecule has 0 aliphatic heterocycles. The molecule has 1 atom stereocenters. The van der Waals surface area contributed by atoms with Crippen LogP contribution in [0, 0.1) is 0 Å². The first kappa shape index (κ1) is 17.7. The summed E-state index contributed by atoms with van der Waals surface area (Å²) in [6, 6.07) is 9.85. The van der Waals surface area contributed by atoms with Gasteiger partial charge in [0.2, 0.25) is 5.91 Å². The number of amides is 2. The van der Waals surface area contributed by atoms with Crippen LogP contribution in [0.4, 0.5) is 5.69 Å². The monoisotopic (exact) mass is 346 g/mol. The predicted octanol–water partition coefficient (Wildman–Crippen LogP) is 2.74. The molecular weight excluding hydrogens is 328 g/mol. The second kappa shape index (κ2) is 8.26. The van der Waals surface area contributed by atoms with Gasteiger partial charge >= 0.3 is 5.97 Å². The Hall–Kier alpha value is -2.67. The van der Waals surface area contributed by atoms with Crippen LogP contribution in [0.25, 0.3) is 0 Å². The number of hydrogen-bond acceptors (Lipinski definition) is 5. The average Bonchev–Trinajstić information content (AvgIpc) is 3.08. The zero-order valence-electron chi connectivity index (χ0n) is 13.4. The SMILES string of the molecule is COC(=O)CC(NC(=O)c1cccc(NC(C)=O)c1)c1cccs1. The lowest BCUT2D eigenvalue weighted by atomic mass is 10.1. The van der Waals surface area contributed by atoms with E-state index in [4.69, 9.17) is 4.74 Å². The summed E-state index contributed by atoms with van der Waals surface area (Å²) in [6.07, 6.45) is 0.0497. The van der Waals surface area contributed by atoms with Gasteiger partial charge in [-0.3, -0.25) is 14.4 Å². The van der Waals surface area contributed by atoms with E-state index in [2.05, 4.69) is 10.6 Å². The molecule has 0 saturated carbocycles. The first-order valence-corrected chi connectivity index (χ1v) is 8.16. The number of esters is 1. The number of carbonyl (C=O) groups excluding carboxylic acids is 3. The molecule has 0 aliphatic rings. The largest absolute Gasteiger partial charge is 0.469 e. The fraction of sp³-hybridized carbons (Fsp3) is 0.235. The first-order chi connectivity index (χ1) is 11.5. The third-order valence-electron chi connectivity index (χ3n) is 3.24. The number of carbonyl (C=O) groups is 3. The summed E-state index contributed by atoms with van der Waals surface area (Å²) in [6.45, 7) is 1.40. The van der Waals surface area contributed by atoms with E-state index in [1.165, 1.54) is 25.4 Å². The fourth-order valence-electron chi connectivity index (χ4n) is 2.15. The summed E-state index contributed by atoms with van der Waals surface area (Å²) >= 11 is 1.45. The van der Waals surface area contributed by atoms with E-state index < -0.39 is 12.0 Å². The van der Waals surface area contributed by atoms with Crippen molar-refractivity contribution in [1.29, 1.82) is 0 Å². The molecule has 0 bridgehead atoms. The highest BCUT2D eigenvalue weighted by atomic mass is 32.1. The Labute approximate surface area is 143 Å². The summed E-state index contributed by atoms with van der Waals surface area (Å²) in [5, 5.41) is 7.35. The zero-order valence-corrected chi connectivity index (χ0v) is 14.2. The lowest BCUT2D eigenvalue weighted by Crippen LogP contribution is -2.30. The minimum atomic E-state index is -0.464. The second-order valence-corrected chi connectivity index (χ2v) is 6.06. The van der Waals surface area contributed by atoms with Crippen molar-refractivity contribution in [3.8, 4) is 0 Å². The highest BCUT2D eigenvalue weighted by Crippen LogP contribution is 2.23. The molecule has 126 valence electrons. The molecule has 6 nitrogen and oxygen atoms in total. The van der Waals surface area contributed by atoms with Crippen molar-refractivity contribution in [2.75, 3.05) is 12.4 Å². The van der Waals surface area contributed by atoms with Gasteiger partial charge in [0, 0.05) is 23.1 Å². The Morgan fingerprint density at radius 1 is 1.21 bits per heavy atom. The molecule has 2 amide bonds. The van der Waals surface area contributed by atoms with E-state index in [0.29, 0.717) is 11.3 Å². The molecule has 7 heteroatoms. The van der Waals surface area contributed by atoms with Crippen LogP contribution in [0.3, 0.4) is 0 Å². The number of anilines is 1. The number of nitrogens with one attached hydrogen (secondary N) is 2. The van der Waals surface area contributed by atoms with Gasteiger partial charge in [0.05, 0.1) is 19.6 Å². The number of thiophene rings is 1. The lowest BCUT2D eigenvalue weighted by Gasteiger charge is -2.16. The third-order valence-corrected chi connectivity index (χ3v) is 4.22. The molecule has 0 aliphatic carbocycles. The fourth-order valence-corrected chi connectivity index (χ4v) is 2.92. The van der Waals surface area contributed by atoms with Gasteiger partial charge < -0.3 is 15.4 Å². The normalized spacial score (nSPS) is 11.4. The van der Waals surface area contributed by atoms with Crippen molar-refractivity contribution >= 4 is 34.8 Å². The average molecular weight is 346 g/mol. The summed E-state index contributed by atoms with van der Waals surface area (Å²) in [7, 11) is 1.31. The smallest absolute Gasteiger partial charge is 0.307 e. The van der Waals surface area contributed by atoms with Crippen molar-refractivity contribution in [3.63, 3.8) is 0 Å². The van der Waals surface area contributed by atoms with Gasteiger partial charge in [0.15, 0.2) is 0 Å². The Morgan fingerprint density at radius 3 is 2.62 bits per heavy atom. The maximum absolute atomic E-state index is 12.5. The van der Waals surface area contributed by atoms with Crippen LogP contribution in [0.2, 0.25) is 0 Å². The van der Waals surface area contributed by atoms with Crippen LogP contribution >= 0.6 is 11.3 Å². The van der Waals surface area contributed by atoms with Crippen molar-refractivity contribution < 1.29 is 19.1 Å². The van der Waals surface area contributed by atoms with E-state index in [1.807, 2.05) is 17.5 Å². The van der Waals surface area contributed by atoms with E-state index in [1.54, 1.807) is 24.3 Å². The van der Waals surface area contributed by atoms with Crippen LogP contribution in [0.5, 0.6) is 0 Å². The summed E-state index contributed by atoms with van der Waals surface area (Å²) in [4.78, 5) is 36.1. The van der Waals surface area contributed by atoms with Gasteiger partial charge in [0.1, 0.15) is 0 Å². The van der Waals surface area contributed by atoms with Crippen LogP contribution in [0.15, 0.2) is 41.8 Å². The highest BCUT2D eigenvalue weighted by Gasteiger charge is 2.20. The number of ether oxygens (including phenoxy) is 1. The topological polar surface area (TPSA) is 84.5 Å². The molecule has 1 heterocycles. The molecule has 0 fully saturated rings. The van der Waals surface area contributed by atoms with E-state index in [0.717, 1.165) is 4.88 Å². The Balaban J connectivity index is 2.15. The first-order valence-electron chi connectivity index (χ1n) is 7.28. The lowest BCUT2D eigenvalue weighted by molar-refractivity contribution is -0.141. The number of benzene rings is 1. The summed E-state index contributed by atoms with van der Waals surface area (Å²) < 4.78 is 4.70. The van der Waals surface area contributed by atoms with Gasteiger partial charge in [-0.2, -0.15) is 0 Å². The molecule has 0 radical (unpaired) electrons. The maximum Gasteiger partial charge on any atom is 0.307 e. The van der Waals surface area contributed by atoms with E-state index in [9.17, 15) is 14.4 Å². The summed E-state index contributed by atoms with van der Waals surface area (Å²) in [5.41, 5.74) is 0.934. The Kier molecular flexibility index (Phi) is 6.08. The molecule has 24 heavy (non-hydrogen) atoms. The molecule has 2 N–H and O–H groups in total. The van der Waals surface area contributed by atoms with E-state index >= 15 is 0 Å². The molecule has 2 aromatic rings. The summed E-state index contributed by atoms with van der Waals surface area (Å²) in [5.74, 6) is -0.945. The van der Waals surface area contributed by atoms with Gasteiger partial charge in [-0.15, -0.1) is 11.3 Å². The van der Waals surface area contributed by atoms with Gasteiger partial charge in [-0.1, -0.05) is 12.1 Å². The van der Waals surface area contributed by atoms with Crippen molar-refractivity contribution in [3.05, 3.63) is 52.2 Å². The molecule has 1 unspecified atom stereocenters. The molecule has 1 aromatic carbocycles. The van der Waals surface area contributed by atoms with Crippen molar-refractivity contribution in [1.82, 2.24) is 5.32 Å². The van der Waals surface area contributed by atoms with Crippen LogP contribution < -0.4 is 10.6 Å². The van der Waals surface area contributed by atoms with Gasteiger partial charge in [-0.25, -0.2) is 0 Å². The highest BCUT2D eigenvalue weighted by molar-refractivity contribution is 7.10. The van der Waals surface area contributed by atoms with Crippen LogP contribution in [-0.4, -0.2) is 24.9 Å². The maximum atomic E-state index is 12.5. The predicted molar refractivity (Wildman–Crippen MR) is 91.9 cm³/mol. The van der Waals surface area contributed by atoms with Crippen molar-refractivity contribution in [2.45, 2.75) is 19.4 Å². The minimum absolute atomic E-state index is 0.0497. The number of methoxy groups -OCH3 is 1. The van der Waals surface area contributed by atoms with Gasteiger partial charge in [0.25, 0.3) is 5.91 Å². The number of hydrogen-bond donors (Lipinski definition) is 2. The molecule has 1 aromatic heterocycles. The molecule has 2 rings (SSSR count). The quantitative estimate of drug-likeness (QED) is 0.788. The molecule has 0 saturated heterocycles. The molecular formula is C17H18N2O4S. The standard InChI is InChI=1S/C17H18N2O4S/c1-11(20)18-13-6-3-5-12(9-13)17(22)19-14(10-16(21)23-2)15-7-4-8-24-15/h3-9,14H,10H2,1-2H3,(H,18,20)(H,19,22). The minimum Gasteiger partial charge on any atom is -0.469 e. The van der Waals surface area contributed by atoms with Crippen molar-refractivity contribution in [2.24, 2.45) is 0 Å². The second-order valence-electron chi connectivity index (χ2n) is 5.08.